The molecule has 0 saturated carbocycles. The fourth-order valence-corrected chi connectivity index (χ4v) is 1.49. The van der Waals surface area contributed by atoms with Crippen LogP contribution in [-0.4, -0.2) is 6.61 Å². The number of aryl methyl sites for hydroxylation is 1. The van der Waals surface area contributed by atoms with Crippen LogP contribution in [0.4, 0.5) is 0 Å². The molecule has 0 bridgehead atoms. The maximum atomic E-state index is 5.48. The van der Waals surface area contributed by atoms with Crippen LogP contribution in [0.2, 0.25) is 0 Å². The Labute approximate surface area is 91.9 Å². The number of hydrogen-bond donors (Lipinski definition) is 1. The minimum atomic E-state index is -0.0878. The molecule has 0 spiro atoms. The summed E-state index contributed by atoms with van der Waals surface area (Å²) in [7, 11) is 0. The van der Waals surface area contributed by atoms with Crippen LogP contribution in [0.15, 0.2) is 18.2 Å². The van der Waals surface area contributed by atoms with Crippen molar-refractivity contribution in [1.29, 1.82) is 0 Å². The van der Waals surface area contributed by atoms with Gasteiger partial charge in [-0.1, -0.05) is 12.1 Å². The van der Waals surface area contributed by atoms with E-state index in [9.17, 15) is 0 Å². The summed E-state index contributed by atoms with van der Waals surface area (Å²) in [4.78, 5) is 0. The summed E-state index contributed by atoms with van der Waals surface area (Å²) in [6, 6.07) is 6.23. The molecule has 2 heteroatoms. The third-order valence-corrected chi connectivity index (χ3v) is 2.44. The van der Waals surface area contributed by atoms with Gasteiger partial charge < -0.3 is 4.74 Å². The van der Waals surface area contributed by atoms with Gasteiger partial charge in [-0.2, -0.15) is 12.6 Å². The maximum absolute atomic E-state index is 5.48. The largest absolute Gasteiger partial charge is 0.494 e. The molecular weight excluding hydrogens is 192 g/mol. The normalized spacial score (nSPS) is 11.5. The number of rotatable bonds is 3. The summed E-state index contributed by atoms with van der Waals surface area (Å²) in [6.07, 6.45) is 0. The van der Waals surface area contributed by atoms with E-state index in [1.165, 1.54) is 11.1 Å². The predicted molar refractivity (Wildman–Crippen MR) is 64.4 cm³/mol. The Morgan fingerprint density at radius 2 is 2.00 bits per heavy atom. The Morgan fingerprint density at radius 3 is 2.43 bits per heavy atom. The first-order valence-electron chi connectivity index (χ1n) is 4.91. The Bertz CT molecular complexity index is 313. The molecule has 78 valence electrons. The highest BCUT2D eigenvalue weighted by atomic mass is 32.1. The number of ether oxygens (including phenoxy) is 1. The first kappa shape index (κ1) is 11.4. The number of hydrogen-bond acceptors (Lipinski definition) is 2. The second-order valence-electron chi connectivity index (χ2n) is 3.97. The minimum Gasteiger partial charge on any atom is -0.494 e. The van der Waals surface area contributed by atoms with Crippen LogP contribution in [0.3, 0.4) is 0 Å². The van der Waals surface area contributed by atoms with Crippen LogP contribution in [0.1, 0.15) is 31.9 Å². The molecule has 0 fully saturated rings. The molecule has 1 aromatic carbocycles. The smallest absolute Gasteiger partial charge is 0.122 e. The van der Waals surface area contributed by atoms with Crippen LogP contribution in [-0.2, 0) is 4.75 Å². The van der Waals surface area contributed by atoms with Gasteiger partial charge in [0.15, 0.2) is 0 Å². The maximum Gasteiger partial charge on any atom is 0.122 e. The van der Waals surface area contributed by atoms with E-state index in [0.717, 1.165) is 5.75 Å². The Kier molecular flexibility index (Phi) is 3.48. The zero-order chi connectivity index (χ0) is 10.8. The summed E-state index contributed by atoms with van der Waals surface area (Å²) >= 11 is 4.54. The number of thiol groups is 1. The summed E-state index contributed by atoms with van der Waals surface area (Å²) in [5.41, 5.74) is 2.40. The molecule has 0 atom stereocenters. The van der Waals surface area contributed by atoms with Crippen LogP contribution in [0.5, 0.6) is 5.75 Å². The molecule has 0 N–H and O–H groups in total. The van der Waals surface area contributed by atoms with Gasteiger partial charge in [-0.25, -0.2) is 0 Å². The third kappa shape index (κ3) is 2.68. The lowest BCUT2D eigenvalue weighted by Crippen LogP contribution is -2.08. The van der Waals surface area contributed by atoms with E-state index in [1.807, 2.05) is 13.0 Å². The van der Waals surface area contributed by atoms with Gasteiger partial charge >= 0.3 is 0 Å². The van der Waals surface area contributed by atoms with Crippen LogP contribution in [0.25, 0.3) is 0 Å². The van der Waals surface area contributed by atoms with E-state index >= 15 is 0 Å². The van der Waals surface area contributed by atoms with E-state index in [-0.39, 0.29) is 4.75 Å². The second-order valence-corrected chi connectivity index (χ2v) is 5.09. The summed E-state index contributed by atoms with van der Waals surface area (Å²) < 4.78 is 5.39. The molecule has 0 aliphatic rings. The van der Waals surface area contributed by atoms with Crippen molar-refractivity contribution in [2.45, 2.75) is 32.4 Å². The lowest BCUT2D eigenvalue weighted by atomic mass is 10.00. The molecule has 0 aliphatic heterocycles. The third-order valence-electron chi connectivity index (χ3n) is 2.18. The molecule has 0 radical (unpaired) electrons. The molecule has 1 aromatic rings. The molecule has 0 unspecified atom stereocenters. The molecule has 0 saturated heterocycles. The summed E-state index contributed by atoms with van der Waals surface area (Å²) in [6.45, 7) is 8.95. The van der Waals surface area contributed by atoms with Gasteiger partial charge in [0.25, 0.3) is 0 Å². The lowest BCUT2D eigenvalue weighted by Gasteiger charge is -2.19. The van der Waals surface area contributed by atoms with Crippen molar-refractivity contribution in [3.05, 3.63) is 29.3 Å². The Morgan fingerprint density at radius 1 is 1.36 bits per heavy atom. The van der Waals surface area contributed by atoms with Crippen LogP contribution < -0.4 is 4.74 Å². The van der Waals surface area contributed by atoms with E-state index in [1.54, 1.807) is 0 Å². The fourth-order valence-electron chi connectivity index (χ4n) is 1.35. The van der Waals surface area contributed by atoms with Crippen molar-refractivity contribution in [1.82, 2.24) is 0 Å². The van der Waals surface area contributed by atoms with Crippen molar-refractivity contribution >= 4 is 12.6 Å². The summed E-state index contributed by atoms with van der Waals surface area (Å²) in [5, 5.41) is 0. The highest BCUT2D eigenvalue weighted by Crippen LogP contribution is 2.30. The van der Waals surface area contributed by atoms with Crippen molar-refractivity contribution in [2.75, 3.05) is 6.61 Å². The molecule has 1 nitrogen and oxygen atoms in total. The molecular formula is C12H18OS. The van der Waals surface area contributed by atoms with Gasteiger partial charge in [0.2, 0.25) is 0 Å². The first-order chi connectivity index (χ1) is 6.45. The SMILES string of the molecule is CCOc1ccc(C(C)(C)S)cc1C. The van der Waals surface area contributed by atoms with E-state index in [0.29, 0.717) is 6.61 Å². The number of benzene rings is 1. The standard InChI is InChI=1S/C12H18OS/c1-5-13-11-7-6-10(8-9(11)2)12(3,4)14/h6-8,14H,5H2,1-4H3. The zero-order valence-corrected chi connectivity index (χ0v) is 10.2. The minimum absolute atomic E-state index is 0.0878. The summed E-state index contributed by atoms with van der Waals surface area (Å²) in [5.74, 6) is 0.967. The van der Waals surface area contributed by atoms with Gasteiger partial charge in [-0.3, -0.25) is 0 Å². The van der Waals surface area contributed by atoms with E-state index in [4.69, 9.17) is 4.74 Å². The van der Waals surface area contributed by atoms with Crippen LogP contribution >= 0.6 is 12.6 Å². The van der Waals surface area contributed by atoms with Gasteiger partial charge in [0, 0.05) is 4.75 Å². The van der Waals surface area contributed by atoms with Gasteiger partial charge in [-0.15, -0.1) is 0 Å². The Balaban J connectivity index is 3.01. The quantitative estimate of drug-likeness (QED) is 0.751. The van der Waals surface area contributed by atoms with E-state index in [2.05, 4.69) is 45.5 Å². The van der Waals surface area contributed by atoms with Gasteiger partial charge in [0.1, 0.15) is 5.75 Å². The van der Waals surface area contributed by atoms with Gasteiger partial charge in [-0.05, 0) is 44.9 Å². The van der Waals surface area contributed by atoms with Crippen molar-refractivity contribution in [3.63, 3.8) is 0 Å². The highest BCUT2D eigenvalue weighted by molar-refractivity contribution is 7.81. The topological polar surface area (TPSA) is 9.23 Å². The monoisotopic (exact) mass is 210 g/mol. The lowest BCUT2D eigenvalue weighted by molar-refractivity contribution is 0.337. The second kappa shape index (κ2) is 4.26. The zero-order valence-electron chi connectivity index (χ0n) is 9.29. The predicted octanol–water partition coefficient (Wildman–Crippen LogP) is 3.56. The van der Waals surface area contributed by atoms with Gasteiger partial charge in [0.05, 0.1) is 6.61 Å². The molecule has 0 heterocycles. The van der Waals surface area contributed by atoms with Crippen molar-refractivity contribution in [2.24, 2.45) is 0 Å². The fraction of sp³-hybridized carbons (Fsp3) is 0.500. The van der Waals surface area contributed by atoms with Crippen molar-refractivity contribution < 1.29 is 4.74 Å². The highest BCUT2D eigenvalue weighted by Gasteiger charge is 2.15. The molecule has 14 heavy (non-hydrogen) atoms. The first-order valence-corrected chi connectivity index (χ1v) is 5.36. The van der Waals surface area contributed by atoms with Crippen molar-refractivity contribution in [3.8, 4) is 5.75 Å². The Hall–Kier alpha value is -0.630. The molecule has 1 rings (SSSR count). The molecule has 0 aromatic heterocycles. The van der Waals surface area contributed by atoms with E-state index < -0.39 is 0 Å². The molecule has 0 aliphatic carbocycles. The van der Waals surface area contributed by atoms with Crippen LogP contribution in [0, 0.1) is 6.92 Å². The average Bonchev–Trinajstić information content (AvgIpc) is 2.07. The average molecular weight is 210 g/mol. The molecule has 0 amide bonds.